The Bertz CT molecular complexity index is 1010. The monoisotopic (exact) mass is 450 g/mol. The van der Waals surface area contributed by atoms with Gasteiger partial charge in [-0.3, -0.25) is 9.59 Å². The van der Waals surface area contributed by atoms with E-state index < -0.39 is 0 Å². The summed E-state index contributed by atoms with van der Waals surface area (Å²) >= 11 is 1.54. The van der Waals surface area contributed by atoms with Crippen LogP contribution < -0.4 is 10.1 Å². The number of ketones is 1. The highest BCUT2D eigenvalue weighted by Crippen LogP contribution is 2.42. The van der Waals surface area contributed by atoms with Gasteiger partial charge in [0, 0.05) is 41.7 Å². The predicted octanol–water partition coefficient (Wildman–Crippen LogP) is 4.93. The summed E-state index contributed by atoms with van der Waals surface area (Å²) < 4.78 is 5.95. The number of piperidine rings is 1. The molecule has 0 atom stereocenters. The molecule has 2 heterocycles. The number of ether oxygens (including phenoxy) is 1. The Labute approximate surface area is 194 Å². The molecule has 5 nitrogen and oxygen atoms in total. The number of thioether (sulfide) groups is 1. The van der Waals surface area contributed by atoms with Crippen LogP contribution in [-0.4, -0.2) is 48.9 Å². The van der Waals surface area contributed by atoms with E-state index in [0.717, 1.165) is 71.1 Å². The number of carbonyl (C=O) groups excluding carboxylic acids is 2. The van der Waals surface area contributed by atoms with Crippen molar-refractivity contribution in [3.8, 4) is 5.75 Å². The molecular weight excluding hydrogens is 420 g/mol. The van der Waals surface area contributed by atoms with Gasteiger partial charge in [0.2, 0.25) is 5.78 Å². The van der Waals surface area contributed by atoms with Crippen LogP contribution in [0.5, 0.6) is 5.75 Å². The maximum absolute atomic E-state index is 12.4. The summed E-state index contributed by atoms with van der Waals surface area (Å²) in [7, 11) is 0. The van der Waals surface area contributed by atoms with Crippen LogP contribution in [0.4, 0.5) is 0 Å². The molecule has 0 bridgehead atoms. The number of amides is 1. The molecule has 0 aromatic heterocycles. The number of allylic oxidation sites excluding steroid dienone is 2. The number of nitrogens with zero attached hydrogens (tertiary/aromatic N) is 1. The lowest BCUT2D eigenvalue weighted by atomic mass is 10.0. The molecule has 4 rings (SSSR count). The summed E-state index contributed by atoms with van der Waals surface area (Å²) in [6, 6.07) is 15.4. The molecule has 0 unspecified atom stereocenters. The van der Waals surface area contributed by atoms with Crippen LogP contribution in [0, 0.1) is 0 Å². The van der Waals surface area contributed by atoms with Crippen LogP contribution in [-0.2, 0) is 0 Å². The molecule has 2 aromatic rings. The molecule has 1 amide bonds. The van der Waals surface area contributed by atoms with Gasteiger partial charge in [0.1, 0.15) is 5.75 Å². The summed E-state index contributed by atoms with van der Waals surface area (Å²) in [5, 5.41) is 3.16. The molecule has 32 heavy (non-hydrogen) atoms. The number of fused-ring (bicyclic) bond motifs is 1. The fourth-order valence-electron chi connectivity index (χ4n) is 4.11. The average molecular weight is 451 g/mol. The lowest BCUT2D eigenvalue weighted by molar-refractivity contribution is 0.0909. The number of hydrogen-bond acceptors (Lipinski definition) is 5. The first-order valence-corrected chi connectivity index (χ1v) is 12.1. The number of carbonyl (C=O) groups is 2. The number of Topliss-reactive ketones (excluding diaryl/α,β-unsaturated/α-hetero) is 1. The van der Waals surface area contributed by atoms with Gasteiger partial charge >= 0.3 is 0 Å². The van der Waals surface area contributed by atoms with Crippen molar-refractivity contribution in [2.75, 3.05) is 26.2 Å². The van der Waals surface area contributed by atoms with E-state index in [2.05, 4.69) is 10.2 Å². The summed E-state index contributed by atoms with van der Waals surface area (Å²) in [5.41, 5.74) is 2.56. The molecule has 2 aliphatic heterocycles. The number of rotatable bonds is 7. The third-order valence-electron chi connectivity index (χ3n) is 5.92. The Morgan fingerprint density at radius 3 is 2.59 bits per heavy atom. The molecule has 0 spiro atoms. The number of nitrogens with one attached hydrogen (secondary N) is 1. The van der Waals surface area contributed by atoms with E-state index in [9.17, 15) is 9.59 Å². The Hall–Kier alpha value is -2.57. The quantitative estimate of drug-likeness (QED) is 0.479. The summed E-state index contributed by atoms with van der Waals surface area (Å²) in [4.78, 5) is 29.0. The Kier molecular flexibility index (Phi) is 7.33. The van der Waals surface area contributed by atoms with Gasteiger partial charge in [0.15, 0.2) is 0 Å². The van der Waals surface area contributed by atoms with E-state index in [0.29, 0.717) is 6.61 Å². The highest BCUT2D eigenvalue weighted by Gasteiger charge is 2.27. The molecule has 6 heteroatoms. The van der Waals surface area contributed by atoms with E-state index in [4.69, 9.17) is 4.74 Å². The van der Waals surface area contributed by atoms with Crippen LogP contribution in [0.2, 0.25) is 0 Å². The van der Waals surface area contributed by atoms with Gasteiger partial charge in [-0.1, -0.05) is 35.5 Å². The molecule has 1 N–H and O–H groups in total. The summed E-state index contributed by atoms with van der Waals surface area (Å²) in [5.74, 6) is 0.963. The average Bonchev–Trinajstić information content (AvgIpc) is 3.14. The largest absolute Gasteiger partial charge is 0.494 e. The molecule has 0 saturated carbocycles. The second kappa shape index (κ2) is 10.4. The number of likely N-dealkylation sites (tertiary alicyclic amines) is 1. The minimum absolute atomic E-state index is 0.0170. The summed E-state index contributed by atoms with van der Waals surface area (Å²) in [6.07, 6.45) is 2.90. The highest BCUT2D eigenvalue weighted by atomic mass is 32.2. The lowest BCUT2D eigenvalue weighted by Crippen LogP contribution is -2.45. The van der Waals surface area contributed by atoms with Crippen LogP contribution >= 0.6 is 11.8 Å². The van der Waals surface area contributed by atoms with Crippen molar-refractivity contribution in [2.24, 2.45) is 0 Å². The van der Waals surface area contributed by atoms with Crippen molar-refractivity contribution < 1.29 is 14.3 Å². The van der Waals surface area contributed by atoms with E-state index in [1.165, 1.54) is 0 Å². The summed E-state index contributed by atoms with van der Waals surface area (Å²) in [6.45, 7) is 7.57. The van der Waals surface area contributed by atoms with Crippen molar-refractivity contribution >= 4 is 23.5 Å². The van der Waals surface area contributed by atoms with Crippen molar-refractivity contribution in [3.05, 3.63) is 70.1 Å². The maximum Gasteiger partial charge on any atom is 0.251 e. The van der Waals surface area contributed by atoms with E-state index in [1.54, 1.807) is 11.8 Å². The van der Waals surface area contributed by atoms with Gasteiger partial charge in [-0.05, 0) is 63.4 Å². The van der Waals surface area contributed by atoms with Gasteiger partial charge in [-0.2, -0.15) is 0 Å². The molecule has 1 fully saturated rings. The number of hydrogen-bond donors (Lipinski definition) is 1. The van der Waals surface area contributed by atoms with Crippen LogP contribution in [0.1, 0.15) is 53.8 Å². The van der Waals surface area contributed by atoms with Crippen LogP contribution in [0.15, 0.2) is 63.9 Å². The van der Waals surface area contributed by atoms with Gasteiger partial charge in [-0.15, -0.1) is 0 Å². The fourth-order valence-corrected chi connectivity index (χ4v) is 5.18. The van der Waals surface area contributed by atoms with Gasteiger partial charge in [0.05, 0.1) is 11.5 Å². The van der Waals surface area contributed by atoms with E-state index in [-0.39, 0.29) is 17.7 Å². The minimum Gasteiger partial charge on any atom is -0.494 e. The molecular formula is C26H30N2O3S. The first-order valence-electron chi connectivity index (χ1n) is 11.3. The standard InChI is InChI=1S/C26H30N2O3S/c1-18(2)25-24(29)22-10-9-21(17-23(22)32-25)31-16-6-13-28-14-11-20(12-15-28)27-26(30)19-7-4-3-5-8-19/h3-5,7-10,17,20H,6,11-16H2,1-2H3,(H,27,30). The molecule has 2 aromatic carbocycles. The van der Waals surface area contributed by atoms with Gasteiger partial charge < -0.3 is 15.0 Å². The van der Waals surface area contributed by atoms with Crippen molar-refractivity contribution in [2.45, 2.75) is 44.0 Å². The third-order valence-corrected chi connectivity index (χ3v) is 7.27. The van der Waals surface area contributed by atoms with E-state index >= 15 is 0 Å². The fraction of sp³-hybridized carbons (Fsp3) is 0.385. The zero-order valence-electron chi connectivity index (χ0n) is 18.7. The van der Waals surface area contributed by atoms with Crippen molar-refractivity contribution in [1.82, 2.24) is 10.2 Å². The predicted molar refractivity (Wildman–Crippen MR) is 128 cm³/mol. The van der Waals surface area contributed by atoms with E-state index in [1.807, 2.05) is 62.4 Å². The topological polar surface area (TPSA) is 58.6 Å². The van der Waals surface area contributed by atoms with Gasteiger partial charge in [-0.25, -0.2) is 0 Å². The van der Waals surface area contributed by atoms with Gasteiger partial charge in [0.25, 0.3) is 5.91 Å². The van der Waals surface area contributed by atoms with Crippen LogP contribution in [0.3, 0.4) is 0 Å². The first-order chi connectivity index (χ1) is 15.5. The van der Waals surface area contributed by atoms with Crippen LogP contribution in [0.25, 0.3) is 0 Å². The normalized spacial score (nSPS) is 16.7. The molecule has 1 saturated heterocycles. The second-order valence-electron chi connectivity index (χ2n) is 8.58. The SMILES string of the molecule is CC(C)=C1Sc2cc(OCCCN3CCC(NC(=O)c4ccccc4)CC3)ccc2C1=O. The Morgan fingerprint density at radius 1 is 1.12 bits per heavy atom. The zero-order chi connectivity index (χ0) is 22.5. The maximum atomic E-state index is 12.4. The minimum atomic E-state index is 0.0170. The molecule has 0 aliphatic carbocycles. The lowest BCUT2D eigenvalue weighted by Gasteiger charge is -2.32. The molecule has 168 valence electrons. The highest BCUT2D eigenvalue weighted by molar-refractivity contribution is 8.04. The Balaban J connectivity index is 1.16. The van der Waals surface area contributed by atoms with Crippen molar-refractivity contribution in [1.29, 1.82) is 0 Å². The second-order valence-corrected chi connectivity index (χ2v) is 9.63. The molecule has 2 aliphatic rings. The zero-order valence-corrected chi connectivity index (χ0v) is 19.5. The van der Waals surface area contributed by atoms with Crippen molar-refractivity contribution in [3.63, 3.8) is 0 Å². The smallest absolute Gasteiger partial charge is 0.251 e. The Morgan fingerprint density at radius 2 is 1.88 bits per heavy atom. The molecule has 0 radical (unpaired) electrons. The first kappa shape index (κ1) is 22.6. The number of benzene rings is 2. The third kappa shape index (κ3) is 5.43.